The lowest BCUT2D eigenvalue weighted by molar-refractivity contribution is -0.115. The first kappa shape index (κ1) is 14.6. The van der Waals surface area contributed by atoms with Crippen molar-refractivity contribution >= 4 is 11.6 Å². The molecule has 0 bridgehead atoms. The molecule has 1 saturated carbocycles. The van der Waals surface area contributed by atoms with Crippen molar-refractivity contribution in [3.63, 3.8) is 0 Å². The molecular weight excluding hydrogens is 260 g/mol. The predicted octanol–water partition coefficient (Wildman–Crippen LogP) is 3.80. The molecule has 1 unspecified atom stereocenters. The van der Waals surface area contributed by atoms with Crippen molar-refractivity contribution in [1.82, 2.24) is 5.32 Å². The van der Waals surface area contributed by atoms with Crippen molar-refractivity contribution in [3.05, 3.63) is 29.3 Å². The first-order chi connectivity index (χ1) is 10.3. The average molecular weight is 286 g/mol. The van der Waals surface area contributed by atoms with Gasteiger partial charge in [0.1, 0.15) is 0 Å². The topological polar surface area (TPSA) is 41.1 Å². The zero-order valence-electron chi connectivity index (χ0n) is 13.0. The van der Waals surface area contributed by atoms with Crippen molar-refractivity contribution in [3.8, 4) is 0 Å². The number of fused-ring (bicyclic) bond motifs is 1. The van der Waals surface area contributed by atoms with E-state index in [1.54, 1.807) is 0 Å². The minimum absolute atomic E-state index is 0.123. The Morgan fingerprint density at radius 3 is 2.86 bits per heavy atom. The Morgan fingerprint density at radius 1 is 1.29 bits per heavy atom. The Morgan fingerprint density at radius 2 is 2.10 bits per heavy atom. The minimum Gasteiger partial charge on any atom is -0.326 e. The molecule has 0 spiro atoms. The van der Waals surface area contributed by atoms with Crippen LogP contribution in [0.4, 0.5) is 5.69 Å². The molecule has 1 aliphatic heterocycles. The summed E-state index contributed by atoms with van der Waals surface area (Å²) in [5, 5.41) is 6.68. The van der Waals surface area contributed by atoms with Gasteiger partial charge in [-0.25, -0.2) is 0 Å². The quantitative estimate of drug-likeness (QED) is 0.864. The number of anilines is 1. The van der Waals surface area contributed by atoms with Gasteiger partial charge in [-0.15, -0.1) is 0 Å². The molecule has 1 aliphatic carbocycles. The highest BCUT2D eigenvalue weighted by Gasteiger charge is 2.26. The number of nitrogens with one attached hydrogen (secondary N) is 2. The average Bonchev–Trinajstić information content (AvgIpc) is 2.88. The van der Waals surface area contributed by atoms with Crippen LogP contribution in [0.3, 0.4) is 0 Å². The summed E-state index contributed by atoms with van der Waals surface area (Å²) >= 11 is 0. The summed E-state index contributed by atoms with van der Waals surface area (Å²) in [5.41, 5.74) is 3.53. The highest BCUT2D eigenvalue weighted by molar-refractivity contribution is 5.99. The van der Waals surface area contributed by atoms with Crippen LogP contribution in [-0.2, 0) is 11.2 Å². The Hall–Kier alpha value is -1.35. The van der Waals surface area contributed by atoms with Crippen molar-refractivity contribution in [1.29, 1.82) is 0 Å². The van der Waals surface area contributed by atoms with Gasteiger partial charge in [0.25, 0.3) is 0 Å². The molecule has 21 heavy (non-hydrogen) atoms. The van der Waals surface area contributed by atoms with E-state index in [0.717, 1.165) is 30.1 Å². The van der Waals surface area contributed by atoms with E-state index in [1.165, 1.54) is 37.7 Å². The van der Waals surface area contributed by atoms with Crippen LogP contribution in [0.15, 0.2) is 18.2 Å². The zero-order valence-corrected chi connectivity index (χ0v) is 13.0. The van der Waals surface area contributed by atoms with Gasteiger partial charge >= 0.3 is 0 Å². The van der Waals surface area contributed by atoms with Crippen molar-refractivity contribution in [2.75, 3.05) is 11.9 Å². The number of hydrogen-bond donors (Lipinski definition) is 2. The SMILES string of the molecule is CCCNC(c1ccc2c(c1)CC(=O)N2)C1CCCCC1. The Bertz CT molecular complexity index is 506. The third kappa shape index (κ3) is 3.29. The van der Waals surface area contributed by atoms with Gasteiger partial charge < -0.3 is 10.6 Å². The van der Waals surface area contributed by atoms with Gasteiger partial charge in [-0.1, -0.05) is 38.3 Å². The number of benzene rings is 1. The van der Waals surface area contributed by atoms with Crippen LogP contribution in [0.2, 0.25) is 0 Å². The molecule has 2 N–H and O–H groups in total. The summed E-state index contributed by atoms with van der Waals surface area (Å²) in [4.78, 5) is 11.5. The van der Waals surface area contributed by atoms with Crippen LogP contribution in [0, 0.1) is 5.92 Å². The number of amides is 1. The zero-order chi connectivity index (χ0) is 14.7. The number of carbonyl (C=O) groups excluding carboxylic acids is 1. The number of rotatable bonds is 5. The van der Waals surface area contributed by atoms with Crippen LogP contribution in [-0.4, -0.2) is 12.5 Å². The smallest absolute Gasteiger partial charge is 0.228 e. The van der Waals surface area contributed by atoms with Gasteiger partial charge in [-0.05, 0) is 48.9 Å². The van der Waals surface area contributed by atoms with Gasteiger partial charge in [0.15, 0.2) is 0 Å². The lowest BCUT2D eigenvalue weighted by Crippen LogP contribution is -2.30. The van der Waals surface area contributed by atoms with E-state index in [9.17, 15) is 4.79 Å². The standard InChI is InChI=1S/C18H26N2O/c1-2-10-19-18(13-6-4-3-5-7-13)14-8-9-16-15(11-14)12-17(21)20-16/h8-9,11,13,18-19H,2-7,10,12H2,1H3,(H,20,21). The fraction of sp³-hybridized carbons (Fsp3) is 0.611. The van der Waals surface area contributed by atoms with Crippen molar-refractivity contribution in [2.45, 2.75) is 57.9 Å². The molecule has 114 valence electrons. The van der Waals surface area contributed by atoms with Crippen molar-refractivity contribution < 1.29 is 4.79 Å². The van der Waals surface area contributed by atoms with Gasteiger partial charge in [-0.2, -0.15) is 0 Å². The highest BCUT2D eigenvalue weighted by atomic mass is 16.1. The molecule has 0 saturated heterocycles. The molecule has 1 aromatic rings. The van der Waals surface area contributed by atoms with Crippen molar-refractivity contribution in [2.24, 2.45) is 5.92 Å². The van der Waals surface area contributed by atoms with Crippen LogP contribution < -0.4 is 10.6 Å². The summed E-state index contributed by atoms with van der Waals surface area (Å²) in [6, 6.07) is 6.98. The van der Waals surface area contributed by atoms with Gasteiger partial charge in [-0.3, -0.25) is 4.79 Å². The summed E-state index contributed by atoms with van der Waals surface area (Å²) in [6.45, 7) is 3.28. The number of carbonyl (C=O) groups is 1. The second kappa shape index (κ2) is 6.61. The Kier molecular flexibility index (Phi) is 4.59. The maximum Gasteiger partial charge on any atom is 0.228 e. The lowest BCUT2D eigenvalue weighted by Gasteiger charge is -2.31. The molecule has 3 rings (SSSR count). The highest BCUT2D eigenvalue weighted by Crippen LogP contribution is 2.36. The lowest BCUT2D eigenvalue weighted by atomic mass is 9.80. The summed E-state index contributed by atoms with van der Waals surface area (Å²) in [6.07, 6.45) is 8.47. The third-order valence-electron chi connectivity index (χ3n) is 4.85. The number of hydrogen-bond acceptors (Lipinski definition) is 2. The van der Waals surface area contributed by atoms with Crippen LogP contribution in [0.5, 0.6) is 0 Å². The first-order valence-corrected chi connectivity index (χ1v) is 8.44. The fourth-order valence-electron chi connectivity index (χ4n) is 3.77. The predicted molar refractivity (Wildman–Crippen MR) is 86.4 cm³/mol. The third-order valence-corrected chi connectivity index (χ3v) is 4.85. The normalized spacial score (nSPS) is 20.1. The molecule has 1 aromatic carbocycles. The molecule has 3 heteroatoms. The summed E-state index contributed by atoms with van der Waals surface area (Å²) < 4.78 is 0. The van der Waals surface area contributed by atoms with E-state index in [4.69, 9.17) is 0 Å². The minimum atomic E-state index is 0.123. The fourth-order valence-corrected chi connectivity index (χ4v) is 3.77. The Labute approximate surface area is 127 Å². The molecule has 0 aromatic heterocycles. The summed E-state index contributed by atoms with van der Waals surface area (Å²) in [5.74, 6) is 0.867. The van der Waals surface area contributed by atoms with E-state index in [-0.39, 0.29) is 5.91 Å². The molecule has 3 nitrogen and oxygen atoms in total. The van der Waals surface area contributed by atoms with Gasteiger partial charge in [0, 0.05) is 11.7 Å². The molecule has 1 fully saturated rings. The van der Waals surface area contributed by atoms with Crippen LogP contribution in [0.1, 0.15) is 62.6 Å². The van der Waals surface area contributed by atoms with E-state index in [1.807, 2.05) is 0 Å². The van der Waals surface area contributed by atoms with Gasteiger partial charge in [0.2, 0.25) is 5.91 Å². The van der Waals surface area contributed by atoms with Crippen LogP contribution in [0.25, 0.3) is 0 Å². The molecule has 1 atom stereocenters. The summed E-state index contributed by atoms with van der Waals surface area (Å²) in [7, 11) is 0. The Balaban J connectivity index is 1.82. The maximum atomic E-state index is 11.5. The largest absolute Gasteiger partial charge is 0.326 e. The molecular formula is C18H26N2O. The van der Waals surface area contributed by atoms with Crippen LogP contribution >= 0.6 is 0 Å². The van der Waals surface area contributed by atoms with E-state index >= 15 is 0 Å². The molecule has 1 amide bonds. The second-order valence-electron chi connectivity index (χ2n) is 6.47. The molecule has 2 aliphatic rings. The van der Waals surface area contributed by atoms with E-state index in [2.05, 4.69) is 35.8 Å². The van der Waals surface area contributed by atoms with E-state index in [0.29, 0.717) is 12.5 Å². The molecule has 1 heterocycles. The monoisotopic (exact) mass is 286 g/mol. The molecule has 0 radical (unpaired) electrons. The first-order valence-electron chi connectivity index (χ1n) is 8.44. The second-order valence-corrected chi connectivity index (χ2v) is 6.47. The van der Waals surface area contributed by atoms with E-state index < -0.39 is 0 Å². The maximum absolute atomic E-state index is 11.5. The van der Waals surface area contributed by atoms with Gasteiger partial charge in [0.05, 0.1) is 6.42 Å².